The van der Waals surface area contributed by atoms with Gasteiger partial charge in [0.2, 0.25) is 0 Å². The summed E-state index contributed by atoms with van der Waals surface area (Å²) in [7, 11) is 0. The van der Waals surface area contributed by atoms with Crippen LogP contribution in [0.3, 0.4) is 0 Å². The minimum atomic E-state index is -0.250. The number of carbonyl (C=O) groups is 1. The Bertz CT molecular complexity index is 298. The predicted octanol–water partition coefficient (Wildman–Crippen LogP) is 6.03. The van der Waals surface area contributed by atoms with E-state index in [-0.39, 0.29) is 6.47 Å². The number of hydrogen-bond acceptors (Lipinski definition) is 1. The lowest BCUT2D eigenvalue weighted by Crippen LogP contribution is -1.92. The maximum atomic E-state index is 8.36. The zero-order chi connectivity index (χ0) is 15.2. The van der Waals surface area contributed by atoms with Gasteiger partial charge in [-0.3, -0.25) is 4.79 Å². The van der Waals surface area contributed by atoms with Crippen molar-refractivity contribution in [3.8, 4) is 0 Å². The van der Waals surface area contributed by atoms with Crippen molar-refractivity contribution in [1.29, 1.82) is 0 Å². The molecule has 0 atom stereocenters. The first-order chi connectivity index (χ1) is 10.4. The van der Waals surface area contributed by atoms with E-state index in [1.165, 1.54) is 89.9 Å². The summed E-state index contributed by atoms with van der Waals surface area (Å²) in [6.45, 7) is -0.250. The molecule has 0 fully saturated rings. The van der Waals surface area contributed by atoms with Crippen molar-refractivity contribution in [3.63, 3.8) is 0 Å². The molecule has 0 saturated carbocycles. The van der Waals surface area contributed by atoms with E-state index in [0.29, 0.717) is 0 Å². The summed E-state index contributed by atoms with van der Waals surface area (Å²) >= 11 is 0. The summed E-state index contributed by atoms with van der Waals surface area (Å²) in [5, 5.41) is 6.89. The Kier molecular flexibility index (Phi) is 10.9. The lowest BCUT2D eigenvalue weighted by atomic mass is 9.94. The molecule has 21 heavy (non-hydrogen) atoms. The van der Waals surface area contributed by atoms with Gasteiger partial charge in [0.15, 0.2) is 0 Å². The van der Waals surface area contributed by atoms with Crippen LogP contribution >= 0.6 is 0 Å². The standard InChI is InChI=1S/C18H30.CH2O2/c1-2-6-10-14-17(13-9-5-1)18-15-11-7-3-4-8-12-16-18;2-1-3/h13,15H,1-12,14,16H2;1H,(H,2,3). The second-order valence-electron chi connectivity index (χ2n) is 6.18. The van der Waals surface area contributed by atoms with Crippen LogP contribution in [0, 0.1) is 0 Å². The fourth-order valence-corrected chi connectivity index (χ4v) is 3.32. The molecular formula is C19H32O2. The zero-order valence-corrected chi connectivity index (χ0v) is 13.5. The maximum Gasteiger partial charge on any atom is 0.290 e. The van der Waals surface area contributed by atoms with Crippen molar-refractivity contribution in [3.05, 3.63) is 23.3 Å². The van der Waals surface area contributed by atoms with Gasteiger partial charge in [-0.2, -0.15) is 0 Å². The van der Waals surface area contributed by atoms with Gasteiger partial charge in [0.25, 0.3) is 6.47 Å². The van der Waals surface area contributed by atoms with E-state index in [0.717, 1.165) is 0 Å². The molecule has 0 heterocycles. The molecule has 1 N–H and O–H groups in total. The second-order valence-corrected chi connectivity index (χ2v) is 6.18. The molecule has 0 aromatic carbocycles. The smallest absolute Gasteiger partial charge is 0.290 e. The molecule has 2 aliphatic carbocycles. The van der Waals surface area contributed by atoms with Crippen LogP contribution in [0.15, 0.2) is 23.3 Å². The van der Waals surface area contributed by atoms with Crippen LogP contribution in [0.5, 0.6) is 0 Å². The van der Waals surface area contributed by atoms with E-state index < -0.39 is 0 Å². The molecule has 120 valence electrons. The summed E-state index contributed by atoms with van der Waals surface area (Å²) in [5.74, 6) is 0. The molecule has 0 bridgehead atoms. The minimum Gasteiger partial charge on any atom is -0.483 e. The van der Waals surface area contributed by atoms with Gasteiger partial charge in [-0.1, -0.05) is 50.7 Å². The SMILES string of the molecule is C1=C(C2=CCCCCCCC2)CCCCCCC1.O=CO. The van der Waals surface area contributed by atoms with Crippen LogP contribution in [0.25, 0.3) is 0 Å². The highest BCUT2D eigenvalue weighted by atomic mass is 16.3. The average molecular weight is 292 g/mol. The van der Waals surface area contributed by atoms with E-state index in [1.54, 1.807) is 11.1 Å². The Morgan fingerprint density at radius 1 is 0.667 bits per heavy atom. The molecule has 0 spiro atoms. The number of hydrogen-bond donors (Lipinski definition) is 1. The monoisotopic (exact) mass is 292 g/mol. The average Bonchev–Trinajstić information content (AvgIpc) is 2.70. The highest BCUT2D eigenvalue weighted by molar-refractivity contribution is 5.32. The van der Waals surface area contributed by atoms with Crippen molar-refractivity contribution in [2.45, 2.75) is 89.9 Å². The molecule has 2 aliphatic rings. The van der Waals surface area contributed by atoms with Gasteiger partial charge in [-0.05, 0) is 62.5 Å². The fraction of sp³-hybridized carbons (Fsp3) is 0.737. The van der Waals surface area contributed by atoms with Crippen molar-refractivity contribution >= 4 is 6.47 Å². The van der Waals surface area contributed by atoms with Crippen LogP contribution in [0.1, 0.15) is 89.9 Å². The van der Waals surface area contributed by atoms with Crippen LogP contribution in [-0.2, 0) is 4.79 Å². The first-order valence-electron chi connectivity index (χ1n) is 8.84. The topological polar surface area (TPSA) is 37.3 Å². The lowest BCUT2D eigenvalue weighted by molar-refractivity contribution is -0.122. The maximum absolute atomic E-state index is 8.36. The van der Waals surface area contributed by atoms with Gasteiger partial charge >= 0.3 is 0 Å². The summed E-state index contributed by atoms with van der Waals surface area (Å²) in [5.41, 5.74) is 3.44. The highest BCUT2D eigenvalue weighted by Gasteiger charge is 2.08. The lowest BCUT2D eigenvalue weighted by Gasteiger charge is -2.12. The molecule has 0 aromatic heterocycles. The predicted molar refractivity (Wildman–Crippen MR) is 89.5 cm³/mol. The first-order valence-corrected chi connectivity index (χ1v) is 8.84. The zero-order valence-electron chi connectivity index (χ0n) is 13.5. The summed E-state index contributed by atoms with van der Waals surface area (Å²) in [6.07, 6.45) is 24.9. The van der Waals surface area contributed by atoms with Gasteiger partial charge in [0, 0.05) is 0 Å². The molecule has 2 rings (SSSR count). The van der Waals surface area contributed by atoms with E-state index in [1.807, 2.05) is 0 Å². The van der Waals surface area contributed by atoms with E-state index in [4.69, 9.17) is 9.90 Å². The van der Waals surface area contributed by atoms with Crippen molar-refractivity contribution in [2.24, 2.45) is 0 Å². The summed E-state index contributed by atoms with van der Waals surface area (Å²) in [6, 6.07) is 0. The summed E-state index contributed by atoms with van der Waals surface area (Å²) in [4.78, 5) is 8.36. The number of rotatable bonds is 1. The third-order valence-corrected chi connectivity index (χ3v) is 4.49. The molecule has 0 aliphatic heterocycles. The van der Waals surface area contributed by atoms with Crippen LogP contribution < -0.4 is 0 Å². The normalized spacial score (nSPS) is 21.5. The Labute approximate surface area is 130 Å². The molecule has 2 nitrogen and oxygen atoms in total. The molecule has 0 aromatic rings. The largest absolute Gasteiger partial charge is 0.483 e. The quantitative estimate of drug-likeness (QED) is 0.599. The van der Waals surface area contributed by atoms with Gasteiger partial charge in [-0.15, -0.1) is 0 Å². The molecule has 0 amide bonds. The third kappa shape index (κ3) is 8.75. The van der Waals surface area contributed by atoms with E-state index >= 15 is 0 Å². The second kappa shape index (κ2) is 12.7. The molecule has 0 saturated heterocycles. The van der Waals surface area contributed by atoms with Crippen LogP contribution in [0.4, 0.5) is 0 Å². The van der Waals surface area contributed by atoms with Crippen molar-refractivity contribution < 1.29 is 9.90 Å². The van der Waals surface area contributed by atoms with Crippen molar-refractivity contribution in [1.82, 2.24) is 0 Å². The van der Waals surface area contributed by atoms with Crippen molar-refractivity contribution in [2.75, 3.05) is 0 Å². The van der Waals surface area contributed by atoms with Crippen LogP contribution in [0.2, 0.25) is 0 Å². The van der Waals surface area contributed by atoms with Gasteiger partial charge in [0.1, 0.15) is 0 Å². The Morgan fingerprint density at radius 2 is 1.00 bits per heavy atom. The van der Waals surface area contributed by atoms with Gasteiger partial charge in [-0.25, -0.2) is 0 Å². The third-order valence-electron chi connectivity index (χ3n) is 4.49. The van der Waals surface area contributed by atoms with E-state index in [9.17, 15) is 0 Å². The first kappa shape index (κ1) is 18.0. The Morgan fingerprint density at radius 3 is 1.43 bits per heavy atom. The fourth-order valence-electron chi connectivity index (χ4n) is 3.32. The minimum absolute atomic E-state index is 0.250. The molecule has 0 unspecified atom stereocenters. The Hall–Kier alpha value is -1.05. The van der Waals surface area contributed by atoms with E-state index in [2.05, 4.69) is 12.2 Å². The van der Waals surface area contributed by atoms with Gasteiger partial charge < -0.3 is 5.11 Å². The number of carboxylic acid groups (broad SMARTS) is 1. The van der Waals surface area contributed by atoms with Crippen LogP contribution in [-0.4, -0.2) is 11.6 Å². The summed E-state index contributed by atoms with van der Waals surface area (Å²) < 4.78 is 0. The Balaban J connectivity index is 0.000000677. The number of allylic oxidation sites excluding steroid dienone is 4. The highest BCUT2D eigenvalue weighted by Crippen LogP contribution is 2.28. The molecule has 2 heteroatoms. The van der Waals surface area contributed by atoms with Gasteiger partial charge in [0.05, 0.1) is 0 Å². The molecule has 0 radical (unpaired) electrons. The molecular weight excluding hydrogens is 260 g/mol.